The van der Waals surface area contributed by atoms with Crippen LogP contribution in [0.4, 0.5) is 4.79 Å². The smallest absolute Gasteiger partial charge is 0.407 e. The molecule has 6 nitrogen and oxygen atoms in total. The topological polar surface area (TPSA) is 78.9 Å². The molecule has 1 aliphatic carbocycles. The summed E-state index contributed by atoms with van der Waals surface area (Å²) in [6.07, 6.45) is 3.83. The van der Waals surface area contributed by atoms with Crippen LogP contribution in [0.25, 0.3) is 0 Å². The fourth-order valence-electron chi connectivity index (χ4n) is 4.52. The van der Waals surface area contributed by atoms with Gasteiger partial charge < -0.3 is 20.1 Å². The van der Waals surface area contributed by atoms with Crippen molar-refractivity contribution >= 4 is 23.6 Å². The zero-order chi connectivity index (χ0) is 21.9. The van der Waals surface area contributed by atoms with Gasteiger partial charge in [-0.05, 0) is 51.3 Å². The van der Waals surface area contributed by atoms with Crippen molar-refractivity contribution in [3.8, 4) is 0 Å². The molecule has 1 aliphatic heterocycles. The minimum absolute atomic E-state index is 0.121. The van der Waals surface area contributed by atoms with Crippen molar-refractivity contribution in [3.63, 3.8) is 0 Å². The molecule has 0 bridgehead atoms. The molecule has 0 radical (unpaired) electrons. The normalized spacial score (nSPS) is 22.4. The summed E-state index contributed by atoms with van der Waals surface area (Å²) in [5.74, 6) is -0.789. The molecule has 1 saturated carbocycles. The van der Waals surface area contributed by atoms with E-state index in [2.05, 4.69) is 5.32 Å². The van der Waals surface area contributed by atoms with Crippen molar-refractivity contribution < 1.29 is 19.4 Å². The number of benzene rings is 1. The van der Waals surface area contributed by atoms with E-state index in [-0.39, 0.29) is 17.6 Å². The first kappa shape index (κ1) is 22.9. The van der Waals surface area contributed by atoms with Crippen LogP contribution in [0.2, 0.25) is 5.02 Å². The van der Waals surface area contributed by atoms with Gasteiger partial charge in [-0.15, -0.1) is 0 Å². The van der Waals surface area contributed by atoms with Crippen molar-refractivity contribution in [3.05, 3.63) is 34.9 Å². The Bertz CT molecular complexity index is 771. The quantitative estimate of drug-likeness (QED) is 0.739. The van der Waals surface area contributed by atoms with Crippen LogP contribution in [0.5, 0.6) is 0 Å². The van der Waals surface area contributed by atoms with Crippen molar-refractivity contribution in [1.82, 2.24) is 10.2 Å². The van der Waals surface area contributed by atoms with Crippen LogP contribution in [-0.4, -0.2) is 52.3 Å². The summed E-state index contributed by atoms with van der Waals surface area (Å²) in [7, 11) is 0. The number of hydrogen-bond acceptors (Lipinski definition) is 4. The molecule has 1 aromatic carbocycles. The molecule has 7 heteroatoms. The van der Waals surface area contributed by atoms with Gasteiger partial charge in [0, 0.05) is 23.5 Å². The average Bonchev–Trinajstić information content (AvgIpc) is 3.09. The minimum atomic E-state index is -1.08. The lowest BCUT2D eigenvalue weighted by Crippen LogP contribution is -2.48. The molecule has 0 aromatic heterocycles. The van der Waals surface area contributed by atoms with E-state index in [0.29, 0.717) is 37.4 Å². The highest BCUT2D eigenvalue weighted by Gasteiger charge is 2.46. The lowest BCUT2D eigenvalue weighted by Gasteiger charge is -2.40. The second-order valence-corrected chi connectivity index (χ2v) is 10.1. The molecule has 3 rings (SSSR count). The monoisotopic (exact) mass is 436 g/mol. The molecule has 1 heterocycles. The number of nitrogens with one attached hydrogen (secondary N) is 1. The number of carbonyl (C=O) groups excluding carboxylic acids is 2. The summed E-state index contributed by atoms with van der Waals surface area (Å²) >= 11 is 6.20. The third-order valence-electron chi connectivity index (χ3n) is 5.89. The zero-order valence-corrected chi connectivity index (χ0v) is 18.9. The maximum absolute atomic E-state index is 13.6. The van der Waals surface area contributed by atoms with Gasteiger partial charge in [0.1, 0.15) is 6.10 Å². The van der Waals surface area contributed by atoms with Crippen LogP contribution in [0.1, 0.15) is 70.8 Å². The van der Waals surface area contributed by atoms with Crippen LogP contribution in [0, 0.1) is 0 Å². The van der Waals surface area contributed by atoms with Gasteiger partial charge in [-0.25, -0.2) is 4.79 Å². The molecule has 2 N–H and O–H groups in total. The van der Waals surface area contributed by atoms with Gasteiger partial charge in [0.15, 0.2) is 0 Å². The maximum atomic E-state index is 13.6. The lowest BCUT2D eigenvalue weighted by atomic mass is 9.72. The highest BCUT2D eigenvalue weighted by atomic mass is 35.5. The molecule has 1 aromatic rings. The molecule has 2 aliphatic rings. The van der Waals surface area contributed by atoms with Crippen molar-refractivity contribution in [2.75, 3.05) is 13.1 Å². The number of amides is 2. The van der Waals surface area contributed by atoms with Crippen LogP contribution in [-0.2, 0) is 9.53 Å². The van der Waals surface area contributed by atoms with E-state index in [1.807, 2.05) is 32.9 Å². The Morgan fingerprint density at radius 2 is 1.97 bits per heavy atom. The number of halogens is 1. The van der Waals surface area contributed by atoms with E-state index in [9.17, 15) is 14.7 Å². The minimum Gasteiger partial charge on any atom is -0.444 e. The Balaban J connectivity index is 1.75. The van der Waals surface area contributed by atoms with Crippen molar-refractivity contribution in [2.45, 2.75) is 82.5 Å². The van der Waals surface area contributed by atoms with E-state index in [1.165, 1.54) is 0 Å². The number of nitrogens with zero attached hydrogens (tertiary/aromatic N) is 1. The Hall–Kier alpha value is -1.79. The second-order valence-electron chi connectivity index (χ2n) is 9.63. The number of alkyl carbamates (subject to hydrolysis) is 1. The van der Waals surface area contributed by atoms with Crippen molar-refractivity contribution in [1.29, 1.82) is 0 Å². The maximum Gasteiger partial charge on any atom is 0.407 e. The summed E-state index contributed by atoms with van der Waals surface area (Å²) in [4.78, 5) is 27.4. The Kier molecular flexibility index (Phi) is 6.98. The summed E-state index contributed by atoms with van der Waals surface area (Å²) in [5, 5.41) is 14.8. The Labute approximate surface area is 183 Å². The molecule has 30 heavy (non-hydrogen) atoms. The number of aliphatic hydroxyl groups is 1. The molecular formula is C23H33ClN2O4. The first-order valence-corrected chi connectivity index (χ1v) is 11.2. The van der Waals surface area contributed by atoms with Crippen LogP contribution in [0.15, 0.2) is 24.3 Å². The van der Waals surface area contributed by atoms with Gasteiger partial charge in [-0.1, -0.05) is 43.0 Å². The van der Waals surface area contributed by atoms with Gasteiger partial charge in [-0.2, -0.15) is 0 Å². The standard InChI is InChI=1S/C23H33ClN2O4/c1-22(2,3)25-21(28)30-18-10-13-26(15-18)20(27)19(16-8-7-9-17(24)14-16)23(29)11-5-4-6-12-23/h7-9,14,18-19,29H,4-6,10-13,15H2,1-3H3,(H,25,28)/t18?,19-/m1/s1. The number of carbonyl (C=O) groups is 2. The van der Waals surface area contributed by atoms with Crippen LogP contribution >= 0.6 is 11.6 Å². The summed E-state index contributed by atoms with van der Waals surface area (Å²) in [6, 6.07) is 7.22. The fourth-order valence-corrected chi connectivity index (χ4v) is 4.71. The van der Waals surface area contributed by atoms with Gasteiger partial charge >= 0.3 is 6.09 Å². The highest BCUT2D eigenvalue weighted by Crippen LogP contribution is 2.42. The molecule has 1 saturated heterocycles. The first-order valence-electron chi connectivity index (χ1n) is 10.8. The van der Waals surface area contributed by atoms with Gasteiger partial charge in [0.25, 0.3) is 0 Å². The van der Waals surface area contributed by atoms with E-state index in [1.54, 1.807) is 17.0 Å². The number of hydrogen-bond donors (Lipinski definition) is 2. The van der Waals surface area contributed by atoms with Gasteiger partial charge in [0.2, 0.25) is 5.91 Å². The number of rotatable bonds is 4. The van der Waals surface area contributed by atoms with E-state index >= 15 is 0 Å². The fraction of sp³-hybridized carbons (Fsp3) is 0.652. The molecule has 1 unspecified atom stereocenters. The van der Waals surface area contributed by atoms with Crippen LogP contribution < -0.4 is 5.32 Å². The second kappa shape index (κ2) is 9.15. The Morgan fingerprint density at radius 1 is 1.27 bits per heavy atom. The first-order chi connectivity index (χ1) is 14.1. The zero-order valence-electron chi connectivity index (χ0n) is 18.1. The SMILES string of the molecule is CC(C)(C)NC(=O)OC1CCN(C(=O)[C@@H](c2cccc(Cl)c2)C2(O)CCCCC2)C1. The van der Waals surface area contributed by atoms with E-state index in [0.717, 1.165) is 24.8 Å². The molecule has 2 atom stereocenters. The molecule has 2 fully saturated rings. The lowest BCUT2D eigenvalue weighted by molar-refractivity contribution is -0.141. The van der Waals surface area contributed by atoms with Gasteiger partial charge in [0.05, 0.1) is 18.1 Å². The third kappa shape index (κ3) is 5.67. The Morgan fingerprint density at radius 3 is 2.60 bits per heavy atom. The van der Waals surface area contributed by atoms with Gasteiger partial charge in [-0.3, -0.25) is 4.79 Å². The molecule has 0 spiro atoms. The molecule has 2 amide bonds. The summed E-state index contributed by atoms with van der Waals surface area (Å²) < 4.78 is 5.52. The number of likely N-dealkylation sites (tertiary alicyclic amines) is 1. The average molecular weight is 437 g/mol. The largest absolute Gasteiger partial charge is 0.444 e. The predicted octanol–water partition coefficient (Wildman–Crippen LogP) is 4.24. The van der Waals surface area contributed by atoms with Crippen LogP contribution in [0.3, 0.4) is 0 Å². The summed E-state index contributed by atoms with van der Waals surface area (Å²) in [6.45, 7) is 6.50. The predicted molar refractivity (Wildman–Crippen MR) is 117 cm³/mol. The third-order valence-corrected chi connectivity index (χ3v) is 6.13. The number of ether oxygens (including phenoxy) is 1. The molecule has 166 valence electrons. The highest BCUT2D eigenvalue weighted by molar-refractivity contribution is 6.30. The van der Waals surface area contributed by atoms with E-state index < -0.39 is 17.6 Å². The van der Waals surface area contributed by atoms with Crippen molar-refractivity contribution in [2.24, 2.45) is 0 Å². The summed E-state index contributed by atoms with van der Waals surface area (Å²) in [5.41, 5.74) is -0.720. The molecular weight excluding hydrogens is 404 g/mol. The van der Waals surface area contributed by atoms with E-state index in [4.69, 9.17) is 16.3 Å².